The zero-order chi connectivity index (χ0) is 13.6. The van der Waals surface area contributed by atoms with E-state index in [0.29, 0.717) is 6.07 Å². The fourth-order valence-electron chi connectivity index (χ4n) is 2.16. The zero-order valence-corrected chi connectivity index (χ0v) is 9.59. The minimum atomic E-state index is -1.36. The van der Waals surface area contributed by atoms with Crippen molar-refractivity contribution in [1.82, 2.24) is 0 Å². The molecule has 1 aliphatic rings. The van der Waals surface area contributed by atoms with Gasteiger partial charge >= 0.3 is 0 Å². The highest BCUT2D eigenvalue weighted by Crippen LogP contribution is 2.47. The van der Waals surface area contributed by atoms with Gasteiger partial charge in [0, 0.05) is 17.2 Å². The molecule has 1 atom stereocenters. The summed E-state index contributed by atoms with van der Waals surface area (Å²) < 4.78 is 58.8. The van der Waals surface area contributed by atoms with Crippen molar-refractivity contribution in [3.8, 4) is 0 Å². The van der Waals surface area contributed by atoms with E-state index in [1.807, 2.05) is 0 Å². The highest BCUT2D eigenvalue weighted by atomic mass is 19.2. The van der Waals surface area contributed by atoms with Crippen molar-refractivity contribution in [3.63, 3.8) is 0 Å². The number of halogens is 4. The fourth-order valence-corrected chi connectivity index (χ4v) is 2.16. The first-order chi connectivity index (χ1) is 9.04. The third-order valence-corrected chi connectivity index (χ3v) is 3.19. The van der Waals surface area contributed by atoms with Crippen LogP contribution in [0.15, 0.2) is 36.4 Å². The van der Waals surface area contributed by atoms with Crippen molar-refractivity contribution in [3.05, 3.63) is 70.8 Å². The van der Waals surface area contributed by atoms with Crippen LogP contribution in [-0.4, -0.2) is 6.61 Å². The van der Waals surface area contributed by atoms with E-state index in [1.165, 1.54) is 18.2 Å². The summed E-state index contributed by atoms with van der Waals surface area (Å²) in [5, 5.41) is 0. The molecule has 1 aliphatic heterocycles. The molecule has 1 heterocycles. The van der Waals surface area contributed by atoms with E-state index in [9.17, 15) is 17.6 Å². The van der Waals surface area contributed by atoms with E-state index in [4.69, 9.17) is 4.74 Å². The molecule has 0 bridgehead atoms. The molecule has 3 rings (SSSR count). The van der Waals surface area contributed by atoms with E-state index < -0.39 is 28.9 Å². The Bertz CT molecular complexity index is 650. The molecule has 2 aromatic carbocycles. The first kappa shape index (κ1) is 12.2. The van der Waals surface area contributed by atoms with Gasteiger partial charge in [0.25, 0.3) is 0 Å². The quantitative estimate of drug-likeness (QED) is 0.599. The van der Waals surface area contributed by atoms with Gasteiger partial charge in [-0.05, 0) is 18.2 Å². The first-order valence-electron chi connectivity index (χ1n) is 5.58. The SMILES string of the molecule is Fc1ccc(C2(c3cccc(F)c3F)CO2)c(F)c1. The molecule has 1 saturated heterocycles. The van der Waals surface area contributed by atoms with E-state index in [0.717, 1.165) is 12.1 Å². The molecule has 0 N–H and O–H groups in total. The van der Waals surface area contributed by atoms with E-state index in [2.05, 4.69) is 0 Å². The largest absolute Gasteiger partial charge is 0.359 e. The number of hydrogen-bond acceptors (Lipinski definition) is 1. The van der Waals surface area contributed by atoms with Crippen molar-refractivity contribution < 1.29 is 22.3 Å². The molecule has 0 saturated carbocycles. The lowest BCUT2D eigenvalue weighted by Gasteiger charge is -2.15. The van der Waals surface area contributed by atoms with Crippen molar-refractivity contribution >= 4 is 0 Å². The molecular weight excluding hydrogens is 260 g/mol. The van der Waals surface area contributed by atoms with Gasteiger partial charge in [0.2, 0.25) is 0 Å². The predicted molar refractivity (Wildman–Crippen MR) is 59.4 cm³/mol. The highest BCUT2D eigenvalue weighted by Gasteiger charge is 2.52. The Morgan fingerprint density at radius 2 is 1.63 bits per heavy atom. The van der Waals surface area contributed by atoms with Crippen LogP contribution >= 0.6 is 0 Å². The summed E-state index contributed by atoms with van der Waals surface area (Å²) in [6, 6.07) is 6.54. The third-order valence-electron chi connectivity index (χ3n) is 3.19. The van der Waals surface area contributed by atoms with Crippen LogP contribution in [0.1, 0.15) is 11.1 Å². The molecule has 19 heavy (non-hydrogen) atoms. The molecule has 0 spiro atoms. The summed E-state index contributed by atoms with van der Waals surface area (Å²) in [5.41, 5.74) is -1.44. The lowest BCUT2D eigenvalue weighted by molar-refractivity contribution is 0.329. The Labute approximate surface area is 106 Å². The number of ether oxygens (including phenoxy) is 1. The minimum Gasteiger partial charge on any atom is -0.359 e. The summed E-state index contributed by atoms with van der Waals surface area (Å²) in [4.78, 5) is 0. The van der Waals surface area contributed by atoms with Gasteiger partial charge in [-0.1, -0.05) is 12.1 Å². The fraction of sp³-hybridized carbons (Fsp3) is 0.143. The molecule has 98 valence electrons. The predicted octanol–water partition coefficient (Wildman–Crippen LogP) is 3.52. The Balaban J connectivity index is 2.16. The molecule has 1 fully saturated rings. The van der Waals surface area contributed by atoms with Crippen molar-refractivity contribution in [1.29, 1.82) is 0 Å². The highest BCUT2D eigenvalue weighted by molar-refractivity contribution is 5.42. The Kier molecular flexibility index (Phi) is 2.60. The minimum absolute atomic E-state index is 0.00148. The number of benzene rings is 2. The molecule has 0 aliphatic carbocycles. The molecule has 0 radical (unpaired) electrons. The summed E-state index contributed by atoms with van der Waals surface area (Å²) >= 11 is 0. The average molecular weight is 268 g/mol. The summed E-state index contributed by atoms with van der Waals surface area (Å²) in [7, 11) is 0. The van der Waals surface area contributed by atoms with Crippen LogP contribution < -0.4 is 0 Å². The van der Waals surface area contributed by atoms with E-state index in [-0.39, 0.29) is 17.7 Å². The van der Waals surface area contributed by atoms with E-state index in [1.54, 1.807) is 0 Å². The number of epoxide rings is 1. The van der Waals surface area contributed by atoms with Gasteiger partial charge < -0.3 is 4.74 Å². The monoisotopic (exact) mass is 268 g/mol. The first-order valence-corrected chi connectivity index (χ1v) is 5.58. The van der Waals surface area contributed by atoms with E-state index >= 15 is 0 Å². The van der Waals surface area contributed by atoms with Gasteiger partial charge in [0.05, 0.1) is 6.61 Å². The average Bonchev–Trinajstić information content (AvgIpc) is 3.14. The molecule has 2 aromatic rings. The Morgan fingerprint density at radius 1 is 0.895 bits per heavy atom. The molecule has 1 nitrogen and oxygen atoms in total. The van der Waals surface area contributed by atoms with Gasteiger partial charge in [0.1, 0.15) is 17.2 Å². The van der Waals surface area contributed by atoms with Crippen LogP contribution in [0.3, 0.4) is 0 Å². The third kappa shape index (κ3) is 1.81. The van der Waals surface area contributed by atoms with Crippen LogP contribution in [0.4, 0.5) is 17.6 Å². The number of rotatable bonds is 2. The smallest absolute Gasteiger partial charge is 0.165 e. The van der Waals surface area contributed by atoms with Crippen LogP contribution in [0.2, 0.25) is 0 Å². The second-order valence-electron chi connectivity index (χ2n) is 4.34. The van der Waals surface area contributed by atoms with Crippen LogP contribution in [0, 0.1) is 23.3 Å². The second kappa shape index (κ2) is 4.06. The van der Waals surface area contributed by atoms with Gasteiger partial charge in [-0.25, -0.2) is 17.6 Å². The zero-order valence-electron chi connectivity index (χ0n) is 9.59. The van der Waals surface area contributed by atoms with Crippen LogP contribution in [0.25, 0.3) is 0 Å². The van der Waals surface area contributed by atoms with Crippen LogP contribution in [-0.2, 0) is 10.3 Å². The van der Waals surface area contributed by atoms with Gasteiger partial charge in [-0.2, -0.15) is 0 Å². The van der Waals surface area contributed by atoms with Crippen LogP contribution in [0.5, 0.6) is 0 Å². The molecule has 0 aromatic heterocycles. The molecular formula is C14H8F4O. The normalized spacial score (nSPS) is 21.5. The topological polar surface area (TPSA) is 12.5 Å². The maximum atomic E-state index is 13.8. The standard InChI is InChI=1S/C14H8F4O/c15-8-4-5-9(12(17)6-8)14(7-19-14)10-2-1-3-11(16)13(10)18/h1-6H,7H2. The lowest BCUT2D eigenvalue weighted by Crippen LogP contribution is -2.16. The summed E-state index contributed by atoms with van der Waals surface area (Å²) in [6.07, 6.45) is 0. The Hall–Kier alpha value is -1.88. The molecule has 5 heteroatoms. The number of hydrogen-bond donors (Lipinski definition) is 0. The summed E-state index contributed by atoms with van der Waals surface area (Å²) in [6.45, 7) is 0.0237. The van der Waals surface area contributed by atoms with Gasteiger partial charge in [-0.15, -0.1) is 0 Å². The Morgan fingerprint density at radius 3 is 2.26 bits per heavy atom. The maximum Gasteiger partial charge on any atom is 0.165 e. The second-order valence-corrected chi connectivity index (χ2v) is 4.34. The maximum absolute atomic E-state index is 13.8. The van der Waals surface area contributed by atoms with Crippen molar-refractivity contribution in [2.24, 2.45) is 0 Å². The lowest BCUT2D eigenvalue weighted by atomic mass is 9.91. The van der Waals surface area contributed by atoms with Crippen molar-refractivity contribution in [2.75, 3.05) is 6.61 Å². The summed E-state index contributed by atoms with van der Waals surface area (Å²) in [5.74, 6) is -3.70. The van der Waals surface area contributed by atoms with Crippen molar-refractivity contribution in [2.45, 2.75) is 5.60 Å². The van der Waals surface area contributed by atoms with Gasteiger partial charge in [-0.3, -0.25) is 0 Å². The molecule has 0 amide bonds. The van der Waals surface area contributed by atoms with Gasteiger partial charge in [0.15, 0.2) is 11.6 Å². The molecule has 1 unspecified atom stereocenters.